The number of para-hydroxylation sites is 1. The molecule has 6 heteroatoms. The molecule has 0 unspecified atom stereocenters. The van der Waals surface area contributed by atoms with E-state index in [1.54, 1.807) is 0 Å². The van der Waals surface area contributed by atoms with E-state index < -0.39 is 29.0 Å². The molecule has 0 fully saturated rings. The van der Waals surface area contributed by atoms with E-state index >= 15 is 0 Å². The predicted octanol–water partition coefficient (Wildman–Crippen LogP) is 3.36. The zero-order chi connectivity index (χ0) is 14.7. The molecule has 0 heterocycles. The second kappa shape index (κ2) is 5.64. The van der Waals surface area contributed by atoms with Crippen LogP contribution in [0.3, 0.4) is 0 Å². The zero-order valence-corrected chi connectivity index (χ0v) is 10.4. The summed E-state index contributed by atoms with van der Waals surface area (Å²) in [5.41, 5.74) is -0.957. The molecule has 1 amide bonds. The number of hydrogen-bond donors (Lipinski definition) is 1. The van der Waals surface area contributed by atoms with Crippen LogP contribution in [-0.2, 0) is 0 Å². The fourth-order valence-corrected chi connectivity index (χ4v) is 1.61. The topological polar surface area (TPSA) is 38.3 Å². The van der Waals surface area contributed by atoms with Crippen LogP contribution in [0.5, 0.6) is 5.75 Å². The minimum Gasteiger partial charge on any atom is -0.497 e. The number of carbonyl (C=O) groups is 1. The third kappa shape index (κ3) is 2.74. The van der Waals surface area contributed by atoms with Crippen molar-refractivity contribution in [3.8, 4) is 5.75 Å². The predicted molar refractivity (Wildman–Crippen MR) is 67.3 cm³/mol. The molecule has 0 spiro atoms. The largest absolute Gasteiger partial charge is 0.497 e. The molecule has 3 nitrogen and oxygen atoms in total. The van der Waals surface area contributed by atoms with Crippen molar-refractivity contribution in [1.29, 1.82) is 0 Å². The van der Waals surface area contributed by atoms with Gasteiger partial charge >= 0.3 is 0 Å². The Kier molecular flexibility index (Phi) is 3.93. The second-order valence-corrected chi connectivity index (χ2v) is 3.90. The lowest BCUT2D eigenvalue weighted by atomic mass is 10.2. The van der Waals surface area contributed by atoms with Crippen LogP contribution in [0.1, 0.15) is 10.4 Å². The molecule has 0 saturated carbocycles. The maximum absolute atomic E-state index is 13.7. The first kappa shape index (κ1) is 13.9. The van der Waals surface area contributed by atoms with Gasteiger partial charge < -0.3 is 10.1 Å². The highest BCUT2D eigenvalue weighted by Gasteiger charge is 2.16. The van der Waals surface area contributed by atoms with Crippen LogP contribution < -0.4 is 10.1 Å². The van der Waals surface area contributed by atoms with Gasteiger partial charge in [0.2, 0.25) is 0 Å². The fourth-order valence-electron chi connectivity index (χ4n) is 1.61. The molecule has 2 aromatic rings. The Labute approximate surface area is 113 Å². The molecular weight excluding hydrogens is 271 g/mol. The number of benzene rings is 2. The highest BCUT2D eigenvalue weighted by atomic mass is 19.1. The Bertz CT molecular complexity index is 639. The monoisotopic (exact) mass is 281 g/mol. The molecule has 0 aliphatic heterocycles. The van der Waals surface area contributed by atoms with E-state index in [9.17, 15) is 18.0 Å². The minimum atomic E-state index is -0.950. The van der Waals surface area contributed by atoms with Gasteiger partial charge in [0.05, 0.1) is 12.7 Å². The molecule has 104 valence electrons. The van der Waals surface area contributed by atoms with Gasteiger partial charge in [0.1, 0.15) is 28.9 Å². The first-order valence-electron chi connectivity index (χ1n) is 5.62. The van der Waals surface area contributed by atoms with Gasteiger partial charge in [-0.05, 0) is 24.3 Å². The molecule has 0 aromatic heterocycles. The van der Waals surface area contributed by atoms with E-state index in [-0.39, 0.29) is 11.3 Å². The summed E-state index contributed by atoms with van der Waals surface area (Å²) < 4.78 is 45.2. The van der Waals surface area contributed by atoms with Crippen molar-refractivity contribution in [2.24, 2.45) is 0 Å². The third-order valence-corrected chi connectivity index (χ3v) is 2.62. The summed E-state index contributed by atoms with van der Waals surface area (Å²) in [7, 11) is 1.35. The Morgan fingerprint density at radius 2 is 1.70 bits per heavy atom. The Balaban J connectivity index is 2.29. The second-order valence-electron chi connectivity index (χ2n) is 3.90. The van der Waals surface area contributed by atoms with Crippen LogP contribution >= 0.6 is 0 Å². The molecule has 1 N–H and O–H groups in total. The summed E-state index contributed by atoms with van der Waals surface area (Å²) in [5.74, 6) is -3.44. The molecule has 0 radical (unpaired) electrons. The van der Waals surface area contributed by atoms with Gasteiger partial charge in [-0.1, -0.05) is 6.07 Å². The van der Waals surface area contributed by atoms with Crippen molar-refractivity contribution in [3.05, 3.63) is 59.4 Å². The molecule has 0 bridgehead atoms. The third-order valence-electron chi connectivity index (χ3n) is 2.62. The van der Waals surface area contributed by atoms with Gasteiger partial charge in [0.25, 0.3) is 5.91 Å². The van der Waals surface area contributed by atoms with E-state index in [2.05, 4.69) is 0 Å². The lowest BCUT2D eigenvalue weighted by molar-refractivity contribution is 0.102. The Hall–Kier alpha value is -2.50. The van der Waals surface area contributed by atoms with Gasteiger partial charge in [-0.25, -0.2) is 13.2 Å². The Morgan fingerprint density at radius 3 is 2.25 bits per heavy atom. The lowest BCUT2D eigenvalue weighted by Gasteiger charge is -2.09. The number of anilines is 1. The summed E-state index contributed by atoms with van der Waals surface area (Å²) in [6.45, 7) is 0. The van der Waals surface area contributed by atoms with Gasteiger partial charge in [0.15, 0.2) is 0 Å². The number of carbonyl (C=O) groups excluding carboxylic acids is 1. The van der Waals surface area contributed by atoms with Gasteiger partial charge in [-0.2, -0.15) is 0 Å². The van der Waals surface area contributed by atoms with E-state index in [0.29, 0.717) is 0 Å². The maximum Gasteiger partial charge on any atom is 0.258 e. The summed E-state index contributed by atoms with van der Waals surface area (Å²) in [4.78, 5) is 11.8. The van der Waals surface area contributed by atoms with Crippen molar-refractivity contribution in [1.82, 2.24) is 0 Å². The highest BCUT2D eigenvalue weighted by molar-refractivity contribution is 6.04. The fraction of sp³-hybridized carbons (Fsp3) is 0.0714. The highest BCUT2D eigenvalue weighted by Crippen LogP contribution is 2.21. The maximum atomic E-state index is 13.7. The molecule has 0 atom stereocenters. The first-order chi connectivity index (χ1) is 9.52. The number of rotatable bonds is 3. The first-order valence-corrected chi connectivity index (χ1v) is 5.62. The normalized spacial score (nSPS) is 10.2. The Morgan fingerprint density at radius 1 is 1.05 bits per heavy atom. The summed E-state index contributed by atoms with van der Waals surface area (Å²) in [6.07, 6.45) is 0. The van der Waals surface area contributed by atoms with Crippen molar-refractivity contribution in [2.45, 2.75) is 0 Å². The lowest BCUT2D eigenvalue weighted by Crippen LogP contribution is -2.15. The van der Waals surface area contributed by atoms with Crippen molar-refractivity contribution in [3.63, 3.8) is 0 Å². The number of ether oxygens (including phenoxy) is 1. The summed E-state index contributed by atoms with van der Waals surface area (Å²) in [6, 6.07) is 6.69. The zero-order valence-electron chi connectivity index (χ0n) is 10.4. The molecular formula is C14H10F3NO2. The number of halogens is 3. The van der Waals surface area contributed by atoms with Crippen LogP contribution in [0.15, 0.2) is 36.4 Å². The van der Waals surface area contributed by atoms with Crippen LogP contribution in [0.25, 0.3) is 0 Å². The quantitative estimate of drug-likeness (QED) is 0.936. The van der Waals surface area contributed by atoms with Gasteiger partial charge in [-0.15, -0.1) is 0 Å². The molecule has 0 aliphatic rings. The number of methoxy groups -OCH3 is 1. The average Bonchev–Trinajstić information content (AvgIpc) is 2.42. The van der Waals surface area contributed by atoms with Crippen LogP contribution in [0.4, 0.5) is 18.9 Å². The number of nitrogens with one attached hydrogen (secondary N) is 1. The van der Waals surface area contributed by atoms with E-state index in [1.165, 1.54) is 19.2 Å². The average molecular weight is 281 g/mol. The molecule has 0 aliphatic carbocycles. The molecule has 2 rings (SSSR count). The molecule has 0 saturated heterocycles. The summed E-state index contributed by atoms with van der Waals surface area (Å²) in [5, 5.41) is 2.00. The smallest absolute Gasteiger partial charge is 0.258 e. The van der Waals surface area contributed by atoms with E-state index in [1.807, 2.05) is 5.32 Å². The van der Waals surface area contributed by atoms with E-state index in [0.717, 1.165) is 24.3 Å². The standard InChI is InChI=1S/C14H10F3NO2/c1-20-8-5-6-9(12(17)7-8)14(19)18-13-10(15)3-2-4-11(13)16/h2-7H,1H3,(H,18,19). The number of hydrogen-bond acceptors (Lipinski definition) is 2. The summed E-state index contributed by atoms with van der Waals surface area (Å²) >= 11 is 0. The van der Waals surface area contributed by atoms with Crippen molar-refractivity contribution in [2.75, 3.05) is 12.4 Å². The molecule has 2 aromatic carbocycles. The van der Waals surface area contributed by atoms with Crippen LogP contribution in [-0.4, -0.2) is 13.0 Å². The van der Waals surface area contributed by atoms with Gasteiger partial charge in [0, 0.05) is 6.07 Å². The van der Waals surface area contributed by atoms with Crippen molar-refractivity contribution < 1.29 is 22.7 Å². The van der Waals surface area contributed by atoms with Crippen LogP contribution in [0, 0.1) is 17.5 Å². The van der Waals surface area contributed by atoms with E-state index in [4.69, 9.17) is 4.74 Å². The SMILES string of the molecule is COc1ccc(C(=O)Nc2c(F)cccc2F)c(F)c1. The van der Waals surface area contributed by atoms with Crippen molar-refractivity contribution >= 4 is 11.6 Å². The minimum absolute atomic E-state index is 0.233. The van der Waals surface area contributed by atoms with Crippen LogP contribution in [0.2, 0.25) is 0 Å². The number of amides is 1. The molecule has 20 heavy (non-hydrogen) atoms. The van der Waals surface area contributed by atoms with Gasteiger partial charge in [-0.3, -0.25) is 4.79 Å².